The van der Waals surface area contributed by atoms with E-state index >= 15 is 0 Å². The Balaban J connectivity index is 5.45. The molecule has 594 valence electrons. The van der Waals surface area contributed by atoms with E-state index in [9.17, 15) is 43.2 Å². The van der Waals surface area contributed by atoms with Crippen LogP contribution >= 0.6 is 15.6 Å². The quantitative estimate of drug-likeness (QED) is 0.0169. The molecule has 0 amide bonds. The fourth-order valence-corrected chi connectivity index (χ4v) is 11.9. The summed E-state index contributed by atoms with van der Waals surface area (Å²) in [6.45, 7) is 4.43. The molecule has 0 heterocycles. The van der Waals surface area contributed by atoms with Crippen LogP contribution in [0, 0.1) is 0 Å². The Bertz CT molecular complexity index is 2540. The first-order valence-corrected chi connectivity index (χ1v) is 43.1. The SMILES string of the molecule is CC/C=C\C/C=C\C/C=C\C/C=C\C/C=C\CCCC(=O)OCC(COP(=O)(O)OCC(O)COP(=O)(O)OCC(COC(=O)CCCCCCCCC/C=C\C/C=C\C/C=C\CC)OC(=O)CCCC/C=C\C/C=C\C/C=C\C/C=C\CC)OC(=O)CCCCCCCCCCCCCCCCC. The van der Waals surface area contributed by atoms with Crippen LogP contribution in [-0.4, -0.2) is 96.7 Å². The maximum Gasteiger partial charge on any atom is 0.472 e. The van der Waals surface area contributed by atoms with Crippen LogP contribution in [0.15, 0.2) is 146 Å². The molecule has 0 rings (SSSR count). The van der Waals surface area contributed by atoms with Crippen LogP contribution in [0.2, 0.25) is 0 Å². The highest BCUT2D eigenvalue weighted by atomic mass is 31.2. The number of phosphoric acid groups is 2. The van der Waals surface area contributed by atoms with Crippen LogP contribution in [-0.2, 0) is 65.4 Å². The number of hydrogen-bond donors (Lipinski definition) is 3. The number of carbonyl (C=O) groups is 4. The second-order valence-electron chi connectivity index (χ2n) is 26.2. The summed E-state index contributed by atoms with van der Waals surface area (Å²) in [6, 6.07) is 0. The van der Waals surface area contributed by atoms with Gasteiger partial charge >= 0.3 is 39.5 Å². The highest BCUT2D eigenvalue weighted by molar-refractivity contribution is 7.47. The van der Waals surface area contributed by atoms with Crippen molar-refractivity contribution in [3.05, 3.63) is 146 Å². The standard InChI is InChI=1S/C85H142O17P2/c1-5-9-13-17-21-25-29-33-37-39-43-45-49-53-57-61-65-69-82(87)95-75-80(101-84(89)71-67-63-59-55-51-47-41-35-31-27-23-19-15-11-7-3)77-99-103(91,92)97-73-79(86)74-98-104(93,94)100-78-81(102-85(90)72-68-64-60-56-52-48-42-36-32-28-24-20-16-12-8-4)76-96-83(88)70-66-62-58-54-50-46-44-40-38-34-30-26-22-18-14-10-6-2/h9-11,13-15,21-23,25-27,33-35,37-38,41,44,46,51,54-55,58,79-81,86H,5-8,12,16-20,24,28-32,36,39-40,42-43,45,47-50,52-53,56-57,59-78H2,1-4H3,(H,91,92)(H,93,94)/b13-9-,14-10-,15-11-,25-21-,26-22-,27-23-,37-33-,38-34-,41-35-,46-44-,55-51-,58-54-. The fourth-order valence-electron chi connectivity index (χ4n) is 10.3. The van der Waals surface area contributed by atoms with E-state index in [0.717, 1.165) is 154 Å². The first-order valence-electron chi connectivity index (χ1n) is 40.1. The van der Waals surface area contributed by atoms with E-state index in [4.69, 9.17) is 37.0 Å². The lowest BCUT2D eigenvalue weighted by molar-refractivity contribution is -0.161. The summed E-state index contributed by atoms with van der Waals surface area (Å²) in [5, 5.41) is 10.6. The molecular weight excluding hydrogens is 1350 g/mol. The van der Waals surface area contributed by atoms with Gasteiger partial charge in [-0.25, -0.2) is 9.13 Å². The average Bonchev–Trinajstić information content (AvgIpc) is 0.937. The van der Waals surface area contributed by atoms with Crippen molar-refractivity contribution in [3.63, 3.8) is 0 Å². The lowest BCUT2D eigenvalue weighted by Crippen LogP contribution is -2.30. The monoisotopic (exact) mass is 1500 g/mol. The Labute approximate surface area is 630 Å². The van der Waals surface area contributed by atoms with Gasteiger partial charge in [0.2, 0.25) is 0 Å². The average molecular weight is 1500 g/mol. The molecule has 0 aliphatic carbocycles. The van der Waals surface area contributed by atoms with Gasteiger partial charge in [-0.2, -0.15) is 0 Å². The molecular formula is C85H142O17P2. The van der Waals surface area contributed by atoms with Gasteiger partial charge < -0.3 is 33.8 Å². The molecule has 5 atom stereocenters. The number of rotatable bonds is 74. The first-order chi connectivity index (χ1) is 50.7. The first kappa shape index (κ1) is 98.9. The largest absolute Gasteiger partial charge is 0.472 e. The molecule has 0 aliphatic heterocycles. The number of allylic oxidation sites excluding steroid dienone is 24. The molecule has 104 heavy (non-hydrogen) atoms. The minimum absolute atomic E-state index is 0.0356. The van der Waals surface area contributed by atoms with Gasteiger partial charge in [0, 0.05) is 25.7 Å². The molecule has 5 unspecified atom stereocenters. The van der Waals surface area contributed by atoms with E-state index in [1.807, 2.05) is 12.2 Å². The van der Waals surface area contributed by atoms with Gasteiger partial charge in [0.25, 0.3) is 0 Å². The summed E-state index contributed by atoms with van der Waals surface area (Å²) in [5.74, 6) is -2.30. The number of ether oxygens (including phenoxy) is 4. The van der Waals surface area contributed by atoms with Gasteiger partial charge in [-0.05, 0) is 135 Å². The van der Waals surface area contributed by atoms with Gasteiger partial charge in [-0.15, -0.1) is 0 Å². The van der Waals surface area contributed by atoms with E-state index in [1.165, 1.54) is 64.2 Å². The van der Waals surface area contributed by atoms with Crippen molar-refractivity contribution >= 4 is 39.5 Å². The third-order valence-corrected chi connectivity index (χ3v) is 18.2. The van der Waals surface area contributed by atoms with Crippen molar-refractivity contribution < 1.29 is 80.2 Å². The Morgan fingerprint density at radius 2 is 0.510 bits per heavy atom. The number of unbranched alkanes of at least 4 members (excludes halogenated alkanes) is 24. The number of aliphatic hydroxyl groups excluding tert-OH is 1. The normalized spacial score (nSPS) is 14.6. The molecule has 0 fully saturated rings. The van der Waals surface area contributed by atoms with E-state index < -0.39 is 97.5 Å². The fraction of sp³-hybridized carbons (Fsp3) is 0.671. The van der Waals surface area contributed by atoms with Crippen LogP contribution in [0.25, 0.3) is 0 Å². The minimum atomic E-state index is -5.00. The zero-order chi connectivity index (χ0) is 76.0. The maximum atomic E-state index is 13.1. The summed E-state index contributed by atoms with van der Waals surface area (Å²) >= 11 is 0. The molecule has 19 heteroatoms. The van der Waals surface area contributed by atoms with E-state index in [0.29, 0.717) is 38.5 Å². The van der Waals surface area contributed by atoms with E-state index in [2.05, 4.69) is 161 Å². The molecule has 3 N–H and O–H groups in total. The van der Waals surface area contributed by atoms with Crippen LogP contribution in [0.3, 0.4) is 0 Å². The Hall–Kier alpha value is -5.06. The molecule has 17 nitrogen and oxygen atoms in total. The zero-order valence-electron chi connectivity index (χ0n) is 64.9. The molecule has 0 saturated heterocycles. The molecule has 0 radical (unpaired) electrons. The Morgan fingerprint density at radius 1 is 0.279 bits per heavy atom. The summed E-state index contributed by atoms with van der Waals surface area (Å²) < 4.78 is 68.5. The topological polar surface area (TPSA) is 237 Å². The van der Waals surface area contributed by atoms with Crippen molar-refractivity contribution in [2.45, 2.75) is 329 Å². The van der Waals surface area contributed by atoms with Gasteiger partial charge in [-0.3, -0.25) is 37.3 Å². The van der Waals surface area contributed by atoms with Crippen molar-refractivity contribution in [2.24, 2.45) is 0 Å². The molecule has 0 spiro atoms. The Morgan fingerprint density at radius 3 is 0.827 bits per heavy atom. The Kier molecular flexibility index (Phi) is 72.4. The van der Waals surface area contributed by atoms with E-state index in [1.54, 1.807) is 0 Å². The van der Waals surface area contributed by atoms with Gasteiger partial charge in [0.1, 0.15) is 19.3 Å². The highest BCUT2D eigenvalue weighted by Gasteiger charge is 2.30. The van der Waals surface area contributed by atoms with Crippen LogP contribution < -0.4 is 0 Å². The smallest absolute Gasteiger partial charge is 0.462 e. The number of esters is 4. The van der Waals surface area contributed by atoms with Crippen LogP contribution in [0.4, 0.5) is 0 Å². The zero-order valence-corrected chi connectivity index (χ0v) is 66.7. The lowest BCUT2D eigenvalue weighted by Gasteiger charge is -2.21. The summed E-state index contributed by atoms with van der Waals surface area (Å²) in [7, 11) is -9.99. The summed E-state index contributed by atoms with van der Waals surface area (Å²) in [5.41, 5.74) is 0. The van der Waals surface area contributed by atoms with Gasteiger partial charge in [0.05, 0.1) is 26.4 Å². The van der Waals surface area contributed by atoms with Crippen LogP contribution in [0.1, 0.15) is 310 Å². The second kappa shape index (κ2) is 76.1. The third kappa shape index (κ3) is 75.2. The summed E-state index contributed by atoms with van der Waals surface area (Å²) in [4.78, 5) is 73.0. The number of hydrogen-bond acceptors (Lipinski definition) is 15. The molecule has 0 aliphatic rings. The number of phosphoric ester groups is 2. The third-order valence-electron chi connectivity index (χ3n) is 16.3. The van der Waals surface area contributed by atoms with Crippen molar-refractivity contribution in [2.75, 3.05) is 39.6 Å². The predicted octanol–water partition coefficient (Wildman–Crippen LogP) is 23.4. The maximum absolute atomic E-state index is 13.1. The molecule has 0 bridgehead atoms. The minimum Gasteiger partial charge on any atom is -0.462 e. The lowest BCUT2D eigenvalue weighted by atomic mass is 10.0. The number of aliphatic hydroxyl groups is 1. The molecule has 0 aromatic rings. The van der Waals surface area contributed by atoms with Crippen molar-refractivity contribution in [1.82, 2.24) is 0 Å². The van der Waals surface area contributed by atoms with Crippen molar-refractivity contribution in [3.8, 4) is 0 Å². The van der Waals surface area contributed by atoms with Gasteiger partial charge in [-0.1, -0.05) is 296 Å². The molecule has 0 aromatic heterocycles. The van der Waals surface area contributed by atoms with E-state index in [-0.39, 0.29) is 25.7 Å². The van der Waals surface area contributed by atoms with Crippen molar-refractivity contribution in [1.29, 1.82) is 0 Å². The highest BCUT2D eigenvalue weighted by Crippen LogP contribution is 2.45. The summed E-state index contributed by atoms with van der Waals surface area (Å²) in [6.07, 6.45) is 86.9. The predicted molar refractivity (Wildman–Crippen MR) is 427 cm³/mol. The van der Waals surface area contributed by atoms with Crippen LogP contribution in [0.5, 0.6) is 0 Å². The number of carbonyl (C=O) groups excluding carboxylic acids is 4. The molecule has 0 aromatic carbocycles. The van der Waals surface area contributed by atoms with Gasteiger partial charge in [0.15, 0.2) is 12.2 Å². The second-order valence-corrected chi connectivity index (χ2v) is 29.1. The molecule has 0 saturated carbocycles.